The SMILES string of the molecule is c1ccc(-c2ccc(-c3nc(-c4ccccc4)nc(-c4ccc(-n5c6ccc(-c7cc8sc9ccccc9c8c8ccccc78)cc6c6cc7ccccc7cc65)cc4)n3)cc2)cc1. The van der Waals surface area contributed by atoms with Gasteiger partial charge in [-0.15, -0.1) is 11.3 Å². The third-order valence-corrected chi connectivity index (χ3v) is 13.7. The summed E-state index contributed by atoms with van der Waals surface area (Å²) in [6.45, 7) is 0. The summed E-state index contributed by atoms with van der Waals surface area (Å²) in [7, 11) is 0. The molecule has 0 aliphatic heterocycles. The van der Waals surface area contributed by atoms with E-state index in [0.29, 0.717) is 17.5 Å². The number of benzene rings is 10. The second-order valence-electron chi connectivity index (χ2n) is 16.4. The topological polar surface area (TPSA) is 43.6 Å². The van der Waals surface area contributed by atoms with E-state index in [9.17, 15) is 0 Å². The van der Waals surface area contributed by atoms with Crippen molar-refractivity contribution in [3.63, 3.8) is 0 Å². The molecule has 0 spiro atoms. The Hall–Kier alpha value is -8.25. The molecule has 13 aromatic rings. The van der Waals surface area contributed by atoms with Crippen LogP contribution >= 0.6 is 11.3 Å². The van der Waals surface area contributed by atoms with Gasteiger partial charge in [0.2, 0.25) is 0 Å². The first-order chi connectivity index (χ1) is 31.7. The van der Waals surface area contributed by atoms with E-state index in [-0.39, 0.29) is 0 Å². The van der Waals surface area contributed by atoms with E-state index in [1.807, 2.05) is 47.7 Å². The van der Waals surface area contributed by atoms with Crippen LogP contribution in [0, 0.1) is 0 Å². The molecule has 64 heavy (non-hydrogen) atoms. The molecule has 0 bridgehead atoms. The fourth-order valence-electron chi connectivity index (χ4n) is 9.53. The Morgan fingerprint density at radius 2 is 0.812 bits per heavy atom. The van der Waals surface area contributed by atoms with E-state index in [4.69, 9.17) is 15.0 Å². The third-order valence-electron chi connectivity index (χ3n) is 12.6. The summed E-state index contributed by atoms with van der Waals surface area (Å²) in [4.78, 5) is 15.1. The molecule has 298 valence electrons. The molecule has 0 aliphatic carbocycles. The largest absolute Gasteiger partial charge is 0.309 e. The minimum Gasteiger partial charge on any atom is -0.309 e. The van der Waals surface area contributed by atoms with Gasteiger partial charge in [0.25, 0.3) is 0 Å². The summed E-state index contributed by atoms with van der Waals surface area (Å²) < 4.78 is 5.03. The zero-order valence-electron chi connectivity index (χ0n) is 34.5. The first kappa shape index (κ1) is 36.4. The standard InChI is InChI=1S/C59H36N4S/c1-3-13-37(14-4-1)38-23-25-40(26-24-38)58-60-57(39-15-5-2-6-16-39)61-59(62-58)41-27-30-45(31-28-41)63-52-32-29-44(34-50(52)51-33-42-17-7-8-18-43(42)35-53(51)63)49-36-55-56(47-20-10-9-19-46(47)49)48-21-11-12-22-54(48)64-55/h1-36H. The quantitative estimate of drug-likeness (QED) is 0.168. The molecule has 13 rings (SSSR count). The monoisotopic (exact) mass is 832 g/mol. The first-order valence-corrected chi connectivity index (χ1v) is 22.4. The maximum Gasteiger partial charge on any atom is 0.164 e. The van der Waals surface area contributed by atoms with Crippen molar-refractivity contribution in [3.8, 4) is 62.1 Å². The molecular formula is C59H36N4S. The maximum absolute atomic E-state index is 5.09. The molecule has 0 atom stereocenters. The van der Waals surface area contributed by atoms with Gasteiger partial charge >= 0.3 is 0 Å². The number of thiophene rings is 1. The Balaban J connectivity index is 0.950. The molecule has 0 fully saturated rings. The van der Waals surface area contributed by atoms with Crippen molar-refractivity contribution in [2.45, 2.75) is 0 Å². The molecule has 0 N–H and O–H groups in total. The number of rotatable bonds is 6. The second-order valence-corrected chi connectivity index (χ2v) is 17.5. The van der Waals surface area contributed by atoms with E-state index >= 15 is 0 Å². The summed E-state index contributed by atoms with van der Waals surface area (Å²) in [5.41, 5.74) is 11.0. The highest BCUT2D eigenvalue weighted by atomic mass is 32.1. The third kappa shape index (κ3) is 6.01. The Morgan fingerprint density at radius 3 is 1.52 bits per heavy atom. The molecule has 3 aromatic heterocycles. The van der Waals surface area contributed by atoms with E-state index in [1.165, 1.54) is 69.2 Å². The summed E-state index contributed by atoms with van der Waals surface area (Å²) in [5.74, 6) is 1.90. The van der Waals surface area contributed by atoms with Crippen molar-refractivity contribution in [1.82, 2.24) is 19.5 Å². The Bertz CT molecular complexity index is 3930. The minimum absolute atomic E-state index is 0.628. The molecule has 0 saturated carbocycles. The number of nitrogens with zero attached hydrogens (tertiary/aromatic N) is 4. The van der Waals surface area contributed by atoms with Crippen LogP contribution in [-0.4, -0.2) is 19.5 Å². The molecule has 0 radical (unpaired) electrons. The number of fused-ring (bicyclic) bond motifs is 9. The fourth-order valence-corrected chi connectivity index (χ4v) is 10.7. The van der Waals surface area contributed by atoms with Gasteiger partial charge in [-0.25, -0.2) is 15.0 Å². The summed E-state index contributed by atoms with van der Waals surface area (Å²) in [5, 5.41) is 10.1. The van der Waals surface area contributed by atoms with Gasteiger partial charge in [0.1, 0.15) is 0 Å². The lowest BCUT2D eigenvalue weighted by atomic mass is 9.94. The van der Waals surface area contributed by atoms with E-state index in [1.54, 1.807) is 0 Å². The van der Waals surface area contributed by atoms with E-state index in [0.717, 1.165) is 39.0 Å². The minimum atomic E-state index is 0.628. The van der Waals surface area contributed by atoms with Crippen LogP contribution in [-0.2, 0) is 0 Å². The van der Waals surface area contributed by atoms with Crippen molar-refractivity contribution < 1.29 is 0 Å². The van der Waals surface area contributed by atoms with Crippen LogP contribution in [0.25, 0.3) is 126 Å². The van der Waals surface area contributed by atoms with Gasteiger partial charge in [-0.2, -0.15) is 0 Å². The lowest BCUT2D eigenvalue weighted by molar-refractivity contribution is 1.07. The molecule has 5 heteroatoms. The Kier molecular flexibility index (Phi) is 8.36. The lowest BCUT2D eigenvalue weighted by Gasteiger charge is -2.12. The zero-order chi connectivity index (χ0) is 42.1. The zero-order valence-corrected chi connectivity index (χ0v) is 35.3. The highest BCUT2D eigenvalue weighted by Gasteiger charge is 2.19. The van der Waals surface area contributed by atoms with Gasteiger partial charge in [0, 0.05) is 53.3 Å². The lowest BCUT2D eigenvalue weighted by Crippen LogP contribution is -2.00. The van der Waals surface area contributed by atoms with Crippen molar-refractivity contribution in [2.75, 3.05) is 0 Å². The summed E-state index contributed by atoms with van der Waals surface area (Å²) in [6.07, 6.45) is 0. The second kappa shape index (κ2) is 14.7. The van der Waals surface area contributed by atoms with Crippen LogP contribution in [0.15, 0.2) is 218 Å². The van der Waals surface area contributed by atoms with Gasteiger partial charge in [0.05, 0.1) is 11.0 Å². The van der Waals surface area contributed by atoms with Crippen molar-refractivity contribution >= 4 is 74.9 Å². The van der Waals surface area contributed by atoms with Gasteiger partial charge in [-0.05, 0) is 104 Å². The predicted octanol–water partition coefficient (Wildman–Crippen LogP) is 16.0. The number of aromatic nitrogens is 4. The maximum atomic E-state index is 5.09. The predicted molar refractivity (Wildman–Crippen MR) is 269 cm³/mol. The van der Waals surface area contributed by atoms with Crippen LogP contribution in [0.3, 0.4) is 0 Å². The first-order valence-electron chi connectivity index (χ1n) is 21.6. The van der Waals surface area contributed by atoms with Crippen molar-refractivity contribution in [1.29, 1.82) is 0 Å². The van der Waals surface area contributed by atoms with Gasteiger partial charge in [0.15, 0.2) is 17.5 Å². The highest BCUT2D eigenvalue weighted by Crippen LogP contribution is 2.44. The van der Waals surface area contributed by atoms with Crippen LogP contribution in [0.1, 0.15) is 0 Å². The van der Waals surface area contributed by atoms with Crippen LogP contribution in [0.5, 0.6) is 0 Å². The fraction of sp³-hybridized carbons (Fsp3) is 0. The van der Waals surface area contributed by atoms with Crippen molar-refractivity contribution in [2.24, 2.45) is 0 Å². The average Bonchev–Trinajstić information content (AvgIpc) is 3.91. The molecular weight excluding hydrogens is 797 g/mol. The average molecular weight is 833 g/mol. The molecule has 0 unspecified atom stereocenters. The highest BCUT2D eigenvalue weighted by molar-refractivity contribution is 7.26. The Labute approximate surface area is 373 Å². The molecule has 0 amide bonds. The Morgan fingerprint density at radius 1 is 0.312 bits per heavy atom. The van der Waals surface area contributed by atoms with Gasteiger partial charge in [-0.3, -0.25) is 0 Å². The smallest absolute Gasteiger partial charge is 0.164 e. The molecule has 0 saturated heterocycles. The number of hydrogen-bond donors (Lipinski definition) is 0. The normalized spacial score (nSPS) is 11.8. The summed E-state index contributed by atoms with van der Waals surface area (Å²) >= 11 is 1.88. The van der Waals surface area contributed by atoms with E-state index in [2.05, 4.69) is 187 Å². The molecule has 4 nitrogen and oxygen atoms in total. The summed E-state index contributed by atoms with van der Waals surface area (Å²) in [6, 6.07) is 78.2. The van der Waals surface area contributed by atoms with Gasteiger partial charge in [-0.1, -0.05) is 158 Å². The van der Waals surface area contributed by atoms with Crippen LogP contribution < -0.4 is 0 Å². The van der Waals surface area contributed by atoms with Crippen LogP contribution in [0.2, 0.25) is 0 Å². The molecule has 10 aromatic carbocycles. The van der Waals surface area contributed by atoms with Crippen LogP contribution in [0.4, 0.5) is 0 Å². The van der Waals surface area contributed by atoms with E-state index < -0.39 is 0 Å². The van der Waals surface area contributed by atoms with Gasteiger partial charge < -0.3 is 4.57 Å². The van der Waals surface area contributed by atoms with Crippen molar-refractivity contribution in [3.05, 3.63) is 218 Å². The molecule has 0 aliphatic rings. The molecule has 3 heterocycles. The number of hydrogen-bond acceptors (Lipinski definition) is 4.